The molecule has 18 heavy (non-hydrogen) atoms. The highest BCUT2D eigenvalue weighted by molar-refractivity contribution is 7.89. The molecule has 1 saturated heterocycles. The number of ether oxygens (including phenoxy) is 2. The Morgan fingerprint density at radius 3 is 2.78 bits per heavy atom. The van der Waals surface area contributed by atoms with Crippen molar-refractivity contribution in [2.24, 2.45) is 17.8 Å². The van der Waals surface area contributed by atoms with Crippen molar-refractivity contribution in [1.82, 2.24) is 4.72 Å². The number of hydrogen-bond donors (Lipinski definition) is 1. The first-order chi connectivity index (χ1) is 8.44. The Morgan fingerprint density at radius 2 is 2.17 bits per heavy atom. The van der Waals surface area contributed by atoms with Gasteiger partial charge in [-0.2, -0.15) is 0 Å². The molecule has 1 saturated carbocycles. The highest BCUT2D eigenvalue weighted by Crippen LogP contribution is 2.44. The van der Waals surface area contributed by atoms with Gasteiger partial charge in [-0.25, -0.2) is 13.1 Å². The van der Waals surface area contributed by atoms with Crippen molar-refractivity contribution in [2.45, 2.75) is 32.4 Å². The van der Waals surface area contributed by atoms with Crippen LogP contribution in [0, 0.1) is 17.8 Å². The van der Waals surface area contributed by atoms with Gasteiger partial charge in [0.1, 0.15) is 0 Å². The van der Waals surface area contributed by atoms with E-state index in [1.807, 2.05) is 13.8 Å². The summed E-state index contributed by atoms with van der Waals surface area (Å²) in [6.45, 7) is 5.11. The molecule has 4 atom stereocenters. The van der Waals surface area contributed by atoms with Crippen LogP contribution < -0.4 is 4.72 Å². The Bertz CT molecular complexity index is 382. The molecule has 0 aromatic rings. The van der Waals surface area contributed by atoms with Crippen LogP contribution in [0.2, 0.25) is 0 Å². The van der Waals surface area contributed by atoms with Gasteiger partial charge >= 0.3 is 0 Å². The minimum Gasteiger partial charge on any atom is -0.384 e. The van der Waals surface area contributed by atoms with Crippen molar-refractivity contribution in [2.75, 3.05) is 26.1 Å². The zero-order valence-corrected chi connectivity index (χ0v) is 12.1. The highest BCUT2D eigenvalue weighted by Gasteiger charge is 2.54. The molecule has 0 spiro atoms. The topological polar surface area (TPSA) is 64.6 Å². The third kappa shape index (κ3) is 2.87. The van der Waals surface area contributed by atoms with Gasteiger partial charge in [0.05, 0.1) is 18.5 Å². The van der Waals surface area contributed by atoms with E-state index in [0.717, 1.165) is 13.0 Å². The van der Waals surface area contributed by atoms with Crippen LogP contribution in [0.15, 0.2) is 0 Å². The van der Waals surface area contributed by atoms with Crippen LogP contribution in [0.1, 0.15) is 20.3 Å². The maximum Gasteiger partial charge on any atom is 0.212 e. The first-order valence-electron chi connectivity index (χ1n) is 6.55. The molecule has 1 heterocycles. The van der Waals surface area contributed by atoms with E-state index >= 15 is 0 Å². The molecule has 6 heteroatoms. The van der Waals surface area contributed by atoms with Crippen LogP contribution in [0.4, 0.5) is 0 Å². The van der Waals surface area contributed by atoms with Gasteiger partial charge in [-0.3, -0.25) is 0 Å². The molecule has 0 aromatic heterocycles. The maximum absolute atomic E-state index is 12.0. The van der Waals surface area contributed by atoms with Crippen LogP contribution in [-0.2, 0) is 19.5 Å². The lowest BCUT2D eigenvalue weighted by Gasteiger charge is -2.47. The van der Waals surface area contributed by atoms with Gasteiger partial charge in [0.2, 0.25) is 10.0 Å². The monoisotopic (exact) mass is 277 g/mol. The molecule has 2 aliphatic rings. The fourth-order valence-corrected chi connectivity index (χ4v) is 4.83. The fraction of sp³-hybridized carbons (Fsp3) is 1.00. The van der Waals surface area contributed by atoms with Gasteiger partial charge < -0.3 is 9.47 Å². The molecule has 1 aliphatic carbocycles. The van der Waals surface area contributed by atoms with Crippen molar-refractivity contribution in [3.05, 3.63) is 0 Å². The molecule has 1 aliphatic heterocycles. The van der Waals surface area contributed by atoms with Crippen LogP contribution in [0.5, 0.6) is 0 Å². The summed E-state index contributed by atoms with van der Waals surface area (Å²) in [7, 11) is -1.55. The zero-order valence-electron chi connectivity index (χ0n) is 11.3. The average molecular weight is 277 g/mol. The number of methoxy groups -OCH3 is 1. The van der Waals surface area contributed by atoms with Crippen LogP contribution >= 0.6 is 0 Å². The van der Waals surface area contributed by atoms with Gasteiger partial charge in [0.25, 0.3) is 0 Å². The quantitative estimate of drug-likeness (QED) is 0.772. The first kappa shape index (κ1) is 14.2. The molecular formula is C12H23NO4S. The Morgan fingerprint density at radius 1 is 1.44 bits per heavy atom. The van der Waals surface area contributed by atoms with Crippen LogP contribution in [-0.4, -0.2) is 46.6 Å². The standard InChI is InChI=1S/C12H23NO4S/c1-8(2)7-18(14,15)13-11-9-4-5-17-12(9)10(11)6-16-3/h8-13H,4-7H2,1-3H3/t9-,10+,11+,12-/m0/s1. The summed E-state index contributed by atoms with van der Waals surface area (Å²) in [4.78, 5) is 0. The van der Waals surface area contributed by atoms with Gasteiger partial charge in [-0.15, -0.1) is 0 Å². The number of nitrogens with one attached hydrogen (secondary N) is 1. The fourth-order valence-electron chi connectivity index (χ4n) is 3.09. The Kier molecular flexibility index (Phi) is 4.31. The average Bonchev–Trinajstić information content (AvgIpc) is 2.65. The van der Waals surface area contributed by atoms with Gasteiger partial charge in [-0.1, -0.05) is 13.8 Å². The number of rotatable bonds is 6. The molecular weight excluding hydrogens is 254 g/mol. The second-order valence-corrected chi connectivity index (χ2v) is 7.52. The lowest BCUT2D eigenvalue weighted by Crippen LogP contribution is -2.63. The third-order valence-electron chi connectivity index (χ3n) is 3.76. The molecule has 2 rings (SSSR count). The number of fused-ring (bicyclic) bond motifs is 1. The maximum atomic E-state index is 12.0. The van der Waals surface area contributed by atoms with E-state index < -0.39 is 10.0 Å². The third-order valence-corrected chi connectivity index (χ3v) is 5.49. The molecule has 0 unspecified atom stereocenters. The van der Waals surface area contributed by atoms with E-state index in [1.54, 1.807) is 7.11 Å². The molecule has 0 bridgehead atoms. The molecule has 2 fully saturated rings. The summed E-state index contributed by atoms with van der Waals surface area (Å²) in [6, 6.07) is -0.0128. The first-order valence-corrected chi connectivity index (χ1v) is 8.20. The van der Waals surface area contributed by atoms with E-state index in [0.29, 0.717) is 12.5 Å². The van der Waals surface area contributed by atoms with E-state index in [4.69, 9.17) is 9.47 Å². The minimum atomic E-state index is -3.19. The Hall–Kier alpha value is -0.170. The zero-order chi connectivity index (χ0) is 13.3. The van der Waals surface area contributed by atoms with Crippen LogP contribution in [0.25, 0.3) is 0 Å². The Labute approximate surface area is 109 Å². The van der Waals surface area contributed by atoms with E-state index in [1.165, 1.54) is 0 Å². The van der Waals surface area contributed by atoms with Crippen molar-refractivity contribution < 1.29 is 17.9 Å². The number of sulfonamides is 1. The van der Waals surface area contributed by atoms with Gasteiger partial charge in [0.15, 0.2) is 0 Å². The minimum absolute atomic E-state index is 0.0128. The van der Waals surface area contributed by atoms with E-state index in [-0.39, 0.29) is 29.7 Å². The summed E-state index contributed by atoms with van der Waals surface area (Å²) in [5, 5.41) is 0. The summed E-state index contributed by atoms with van der Waals surface area (Å²) in [5.74, 6) is 0.803. The number of hydrogen-bond acceptors (Lipinski definition) is 4. The lowest BCUT2D eigenvalue weighted by atomic mass is 9.68. The molecule has 0 radical (unpaired) electrons. The SMILES string of the molecule is COC[C@@H]1[C@H](NS(=O)(=O)CC(C)C)[C@@H]2CCO[C@H]12. The lowest BCUT2D eigenvalue weighted by molar-refractivity contribution is -0.0775. The summed E-state index contributed by atoms with van der Waals surface area (Å²) in [5.41, 5.74) is 0. The molecule has 0 aromatic carbocycles. The largest absolute Gasteiger partial charge is 0.384 e. The smallest absolute Gasteiger partial charge is 0.212 e. The van der Waals surface area contributed by atoms with Gasteiger partial charge in [0, 0.05) is 31.6 Å². The predicted octanol–water partition coefficient (Wildman–Crippen LogP) is 0.612. The molecule has 1 N–H and O–H groups in total. The van der Waals surface area contributed by atoms with Crippen molar-refractivity contribution >= 4 is 10.0 Å². The normalized spacial score (nSPS) is 35.6. The van der Waals surface area contributed by atoms with Crippen molar-refractivity contribution in [1.29, 1.82) is 0 Å². The Balaban J connectivity index is 1.99. The summed E-state index contributed by atoms with van der Waals surface area (Å²) in [6.07, 6.45) is 1.12. The van der Waals surface area contributed by atoms with Gasteiger partial charge in [-0.05, 0) is 12.3 Å². The summed E-state index contributed by atoms with van der Waals surface area (Å²) >= 11 is 0. The second kappa shape index (κ2) is 5.45. The van der Waals surface area contributed by atoms with E-state index in [2.05, 4.69) is 4.72 Å². The summed E-state index contributed by atoms with van der Waals surface area (Å²) < 4.78 is 37.6. The molecule has 5 nitrogen and oxygen atoms in total. The predicted molar refractivity (Wildman–Crippen MR) is 68.8 cm³/mol. The van der Waals surface area contributed by atoms with Crippen molar-refractivity contribution in [3.63, 3.8) is 0 Å². The van der Waals surface area contributed by atoms with Crippen LogP contribution in [0.3, 0.4) is 0 Å². The highest BCUT2D eigenvalue weighted by atomic mass is 32.2. The molecule has 0 amide bonds. The van der Waals surface area contributed by atoms with Crippen molar-refractivity contribution in [3.8, 4) is 0 Å². The molecule has 106 valence electrons. The second-order valence-electron chi connectivity index (χ2n) is 5.73. The van der Waals surface area contributed by atoms with E-state index in [9.17, 15) is 8.42 Å².